The molecule has 12 heavy (non-hydrogen) atoms. The topological polar surface area (TPSA) is 68.9 Å². The highest BCUT2D eigenvalue weighted by Crippen LogP contribution is 1.97. The van der Waals surface area contributed by atoms with Crippen LogP contribution in [0.3, 0.4) is 0 Å². The Morgan fingerprint density at radius 3 is 2.33 bits per heavy atom. The van der Waals surface area contributed by atoms with Gasteiger partial charge in [-0.15, -0.1) is 0 Å². The van der Waals surface area contributed by atoms with E-state index in [2.05, 4.69) is 9.97 Å². The average molecular weight is 184 g/mol. The van der Waals surface area contributed by atoms with Crippen LogP contribution in [0.5, 0.6) is 5.88 Å². The first-order valence-electron chi connectivity index (χ1n) is 3.23. The minimum Gasteiger partial charge on any atom is -0.495 e. The fraction of sp³-hybridized carbons (Fsp3) is 0. The van der Waals surface area contributed by atoms with Crippen molar-refractivity contribution in [2.75, 3.05) is 0 Å². The second kappa shape index (κ2) is 4.40. The molecular formula is C7H8N2O2S. The van der Waals surface area contributed by atoms with Gasteiger partial charge in [0.2, 0.25) is 0 Å². The molecule has 2 rings (SSSR count). The molecule has 2 aromatic rings. The quantitative estimate of drug-likeness (QED) is 0.575. The van der Waals surface area contributed by atoms with Crippen LogP contribution in [0.1, 0.15) is 0 Å². The Labute approximate surface area is 72.5 Å². The lowest BCUT2D eigenvalue weighted by atomic mass is 10.7. The first-order chi connectivity index (χ1) is 5.79. The number of aromatic amines is 2. The summed E-state index contributed by atoms with van der Waals surface area (Å²) in [6.07, 6.45) is 3.28. The normalized spacial score (nSPS) is 8.67. The zero-order chi connectivity index (χ0) is 8.81. The Bertz CT molecular complexity index is 333. The molecule has 0 aliphatic heterocycles. The molecule has 0 aliphatic rings. The summed E-state index contributed by atoms with van der Waals surface area (Å²) in [6, 6.07) is 3.31. The van der Waals surface area contributed by atoms with Crippen molar-refractivity contribution in [3.8, 4) is 5.88 Å². The minimum atomic E-state index is 0.00926. The number of hydrogen-bond acceptors (Lipinski definition) is 3. The van der Waals surface area contributed by atoms with Crippen LogP contribution in [-0.2, 0) is 0 Å². The third-order valence-electron chi connectivity index (χ3n) is 1.03. The lowest BCUT2D eigenvalue weighted by Gasteiger charge is -1.71. The Hall–Kier alpha value is -1.49. The molecule has 0 fully saturated rings. The number of thiazole rings is 1. The first kappa shape index (κ1) is 8.61. The fourth-order valence-corrected chi connectivity index (χ4v) is 0.949. The van der Waals surface area contributed by atoms with Crippen molar-refractivity contribution in [1.29, 1.82) is 0 Å². The lowest BCUT2D eigenvalue weighted by Crippen LogP contribution is -1.87. The highest BCUT2D eigenvalue weighted by molar-refractivity contribution is 7.07. The molecule has 0 aliphatic carbocycles. The molecule has 0 spiro atoms. The van der Waals surface area contributed by atoms with Gasteiger partial charge >= 0.3 is 4.87 Å². The van der Waals surface area contributed by atoms with Crippen LogP contribution < -0.4 is 4.87 Å². The van der Waals surface area contributed by atoms with Gasteiger partial charge in [0, 0.05) is 17.8 Å². The van der Waals surface area contributed by atoms with E-state index in [4.69, 9.17) is 5.11 Å². The fourth-order valence-electron chi connectivity index (χ4n) is 0.553. The molecule has 0 amide bonds. The van der Waals surface area contributed by atoms with E-state index in [1.54, 1.807) is 29.9 Å². The molecule has 0 unspecified atom stereocenters. The highest BCUT2D eigenvalue weighted by atomic mass is 32.1. The molecule has 2 heterocycles. The largest absolute Gasteiger partial charge is 0.495 e. The van der Waals surface area contributed by atoms with Crippen LogP contribution in [-0.4, -0.2) is 15.1 Å². The molecule has 4 nitrogen and oxygen atoms in total. The van der Waals surface area contributed by atoms with E-state index >= 15 is 0 Å². The van der Waals surface area contributed by atoms with Crippen LogP contribution in [0, 0.1) is 0 Å². The van der Waals surface area contributed by atoms with Crippen LogP contribution >= 0.6 is 11.3 Å². The van der Waals surface area contributed by atoms with Gasteiger partial charge in [-0.05, 0) is 12.1 Å². The van der Waals surface area contributed by atoms with Gasteiger partial charge in [0.1, 0.15) is 0 Å². The number of H-pyrrole nitrogens is 2. The molecule has 0 saturated heterocycles. The van der Waals surface area contributed by atoms with E-state index in [0.717, 1.165) is 0 Å². The van der Waals surface area contributed by atoms with Gasteiger partial charge in [0.05, 0.1) is 0 Å². The smallest absolute Gasteiger partial charge is 0.304 e. The predicted molar refractivity (Wildman–Crippen MR) is 47.4 cm³/mol. The maximum absolute atomic E-state index is 10.0. The van der Waals surface area contributed by atoms with Crippen LogP contribution in [0.25, 0.3) is 0 Å². The summed E-state index contributed by atoms with van der Waals surface area (Å²) in [5, 5.41) is 10.1. The lowest BCUT2D eigenvalue weighted by molar-refractivity contribution is 0.457. The molecule has 0 atom stereocenters. The van der Waals surface area contributed by atoms with Crippen molar-refractivity contribution in [3.63, 3.8) is 0 Å². The van der Waals surface area contributed by atoms with E-state index in [1.165, 1.54) is 11.3 Å². The minimum absolute atomic E-state index is 0.00926. The van der Waals surface area contributed by atoms with Gasteiger partial charge in [-0.1, -0.05) is 11.3 Å². The second-order valence-corrected chi connectivity index (χ2v) is 2.79. The SMILES string of the molecule is O=c1[nH]ccs1.Oc1ccc[nH]1. The van der Waals surface area contributed by atoms with Gasteiger partial charge in [0.25, 0.3) is 0 Å². The Morgan fingerprint density at radius 2 is 2.17 bits per heavy atom. The number of hydrogen-bond donors (Lipinski definition) is 3. The van der Waals surface area contributed by atoms with Crippen molar-refractivity contribution < 1.29 is 5.11 Å². The zero-order valence-electron chi connectivity index (χ0n) is 6.15. The number of nitrogens with one attached hydrogen (secondary N) is 2. The molecule has 3 N–H and O–H groups in total. The van der Waals surface area contributed by atoms with Crippen LogP contribution in [0.15, 0.2) is 34.7 Å². The summed E-state index contributed by atoms with van der Waals surface area (Å²) in [6.45, 7) is 0. The van der Waals surface area contributed by atoms with E-state index in [0.29, 0.717) is 0 Å². The number of aromatic hydroxyl groups is 1. The molecule has 0 saturated carbocycles. The standard InChI is InChI=1S/C4H5NO.C3H3NOS/c6-4-2-1-3-5-4;5-3-4-1-2-6-3/h1-3,5-6H;1-2H,(H,4,5). The summed E-state index contributed by atoms with van der Waals surface area (Å²) in [5.41, 5.74) is 0. The summed E-state index contributed by atoms with van der Waals surface area (Å²) in [4.78, 5) is 15.1. The van der Waals surface area contributed by atoms with Gasteiger partial charge in [0.15, 0.2) is 5.88 Å². The first-order valence-corrected chi connectivity index (χ1v) is 4.11. The Balaban J connectivity index is 0.000000120. The molecule has 0 radical (unpaired) electrons. The predicted octanol–water partition coefficient (Wildman–Crippen LogP) is 1.16. The maximum atomic E-state index is 10.0. The van der Waals surface area contributed by atoms with Gasteiger partial charge in [-0.25, -0.2) is 0 Å². The highest BCUT2D eigenvalue weighted by Gasteiger charge is 1.75. The van der Waals surface area contributed by atoms with Crippen molar-refractivity contribution in [3.05, 3.63) is 39.6 Å². The number of rotatable bonds is 0. The molecule has 5 heteroatoms. The van der Waals surface area contributed by atoms with E-state index < -0.39 is 0 Å². The summed E-state index contributed by atoms with van der Waals surface area (Å²) >= 11 is 1.17. The molecule has 2 aromatic heterocycles. The third kappa shape index (κ3) is 3.07. The third-order valence-corrected chi connectivity index (χ3v) is 1.63. The van der Waals surface area contributed by atoms with Crippen molar-refractivity contribution in [2.45, 2.75) is 0 Å². The molecule has 0 bridgehead atoms. The van der Waals surface area contributed by atoms with E-state index in [9.17, 15) is 4.79 Å². The van der Waals surface area contributed by atoms with Gasteiger partial charge < -0.3 is 15.1 Å². The number of aromatic nitrogens is 2. The van der Waals surface area contributed by atoms with Gasteiger partial charge in [-0.2, -0.15) is 0 Å². The maximum Gasteiger partial charge on any atom is 0.304 e. The second-order valence-electron chi connectivity index (χ2n) is 1.91. The average Bonchev–Trinajstić information content (AvgIpc) is 2.63. The Morgan fingerprint density at radius 1 is 1.33 bits per heavy atom. The van der Waals surface area contributed by atoms with Crippen molar-refractivity contribution in [1.82, 2.24) is 9.97 Å². The van der Waals surface area contributed by atoms with E-state index in [-0.39, 0.29) is 10.8 Å². The van der Waals surface area contributed by atoms with Crippen LogP contribution in [0.4, 0.5) is 0 Å². The Kier molecular flexibility index (Phi) is 3.16. The summed E-state index contributed by atoms with van der Waals surface area (Å²) < 4.78 is 0. The molecular weight excluding hydrogens is 176 g/mol. The molecule has 64 valence electrons. The van der Waals surface area contributed by atoms with Crippen molar-refractivity contribution >= 4 is 11.3 Å². The molecule has 0 aromatic carbocycles. The van der Waals surface area contributed by atoms with E-state index in [1.807, 2.05) is 0 Å². The monoisotopic (exact) mass is 184 g/mol. The summed E-state index contributed by atoms with van der Waals surface area (Å²) in [7, 11) is 0. The summed E-state index contributed by atoms with van der Waals surface area (Å²) in [5.74, 6) is 0.218. The van der Waals surface area contributed by atoms with Gasteiger partial charge in [-0.3, -0.25) is 4.79 Å². The van der Waals surface area contributed by atoms with Crippen LogP contribution in [0.2, 0.25) is 0 Å². The van der Waals surface area contributed by atoms with Crippen molar-refractivity contribution in [2.24, 2.45) is 0 Å². The zero-order valence-corrected chi connectivity index (χ0v) is 6.97.